The van der Waals surface area contributed by atoms with Gasteiger partial charge in [0.1, 0.15) is 24.7 Å². The fourth-order valence-electron chi connectivity index (χ4n) is 4.05. The average molecular weight is 446 g/mol. The molecule has 0 bridgehead atoms. The molecule has 6 nitrogen and oxygen atoms in total. The van der Waals surface area contributed by atoms with E-state index in [-0.39, 0.29) is 16.9 Å². The predicted octanol–water partition coefficient (Wildman–Crippen LogP) is 1.82. The van der Waals surface area contributed by atoms with Crippen LogP contribution in [-0.2, 0) is 14.3 Å². The van der Waals surface area contributed by atoms with Crippen LogP contribution in [0.3, 0.4) is 0 Å². The molecule has 1 amide bonds. The van der Waals surface area contributed by atoms with E-state index in [4.69, 9.17) is 16.3 Å². The van der Waals surface area contributed by atoms with Crippen molar-refractivity contribution in [2.45, 2.75) is 6.04 Å². The van der Waals surface area contributed by atoms with Crippen molar-refractivity contribution in [2.24, 2.45) is 0 Å². The summed E-state index contributed by atoms with van der Waals surface area (Å²) < 4.78 is 18.7. The van der Waals surface area contributed by atoms with E-state index in [0.29, 0.717) is 36.9 Å². The summed E-state index contributed by atoms with van der Waals surface area (Å²) in [5.41, 5.74) is 0.942. The lowest BCUT2D eigenvalue weighted by atomic mass is 9.95. The molecule has 2 heterocycles. The van der Waals surface area contributed by atoms with Crippen LogP contribution in [0.2, 0.25) is 5.02 Å². The van der Waals surface area contributed by atoms with E-state index < -0.39 is 23.5 Å². The van der Waals surface area contributed by atoms with Gasteiger partial charge in [-0.25, -0.2) is 4.39 Å². The van der Waals surface area contributed by atoms with E-state index in [0.717, 1.165) is 13.1 Å². The second kappa shape index (κ2) is 9.18. The topological polar surface area (TPSA) is 71.3 Å². The number of carbonyl (C=O) groups is 2. The van der Waals surface area contributed by atoms with Crippen molar-refractivity contribution in [3.05, 3.63) is 76.1 Å². The van der Waals surface area contributed by atoms with E-state index >= 15 is 0 Å². The van der Waals surface area contributed by atoms with E-state index in [1.807, 2.05) is 0 Å². The number of hydrogen-bond acceptors (Lipinski definition) is 4. The number of ether oxygens (including phenoxy) is 1. The van der Waals surface area contributed by atoms with Crippen LogP contribution in [0.5, 0.6) is 0 Å². The van der Waals surface area contributed by atoms with Crippen molar-refractivity contribution < 1.29 is 28.7 Å². The molecule has 1 atom stereocenters. The third-order valence-corrected chi connectivity index (χ3v) is 6.00. The first kappa shape index (κ1) is 21.5. The Morgan fingerprint density at radius 1 is 1.10 bits per heavy atom. The van der Waals surface area contributed by atoms with Gasteiger partial charge < -0.3 is 19.6 Å². The van der Waals surface area contributed by atoms with Crippen molar-refractivity contribution >= 4 is 29.1 Å². The van der Waals surface area contributed by atoms with Gasteiger partial charge in [-0.05, 0) is 42.0 Å². The van der Waals surface area contributed by atoms with Crippen LogP contribution in [0.1, 0.15) is 17.2 Å². The molecule has 0 saturated carbocycles. The Balaban J connectivity index is 1.72. The largest absolute Gasteiger partial charge is 0.507 e. The summed E-state index contributed by atoms with van der Waals surface area (Å²) in [7, 11) is 0. The van der Waals surface area contributed by atoms with E-state index in [9.17, 15) is 19.1 Å². The summed E-state index contributed by atoms with van der Waals surface area (Å²) in [6.45, 7) is 4.03. The minimum Gasteiger partial charge on any atom is -0.507 e. The number of aliphatic hydroxyl groups is 1. The number of ketones is 1. The van der Waals surface area contributed by atoms with Crippen LogP contribution in [0.25, 0.3) is 5.76 Å². The lowest BCUT2D eigenvalue weighted by Crippen LogP contribution is -3.14. The van der Waals surface area contributed by atoms with Crippen LogP contribution in [0, 0.1) is 5.82 Å². The lowest BCUT2D eigenvalue weighted by Gasteiger charge is -2.29. The van der Waals surface area contributed by atoms with Crippen molar-refractivity contribution in [1.29, 1.82) is 0 Å². The number of benzene rings is 2. The molecule has 1 unspecified atom stereocenters. The summed E-state index contributed by atoms with van der Waals surface area (Å²) >= 11 is 6.02. The quantitative estimate of drug-likeness (QED) is 0.418. The van der Waals surface area contributed by atoms with E-state index in [1.165, 1.54) is 34.1 Å². The fraction of sp³-hybridized carbons (Fsp3) is 0.304. The molecule has 2 N–H and O–H groups in total. The van der Waals surface area contributed by atoms with Gasteiger partial charge in [-0.2, -0.15) is 0 Å². The Morgan fingerprint density at radius 3 is 2.39 bits per heavy atom. The average Bonchev–Trinajstić information content (AvgIpc) is 3.04. The standard InChI is InChI=1S/C23H22ClFN2O4/c24-17-5-1-15(2-6-17)20-19(21(28)16-3-7-18(25)8-4-16)22(29)23(30)27(20)10-9-26-11-13-31-14-12-26/h1-8,20,28H,9-14H2/p+1. The van der Waals surface area contributed by atoms with Gasteiger partial charge in [0.2, 0.25) is 0 Å². The van der Waals surface area contributed by atoms with Gasteiger partial charge in [0.05, 0.1) is 37.9 Å². The van der Waals surface area contributed by atoms with Crippen LogP contribution in [0.15, 0.2) is 54.1 Å². The first-order valence-corrected chi connectivity index (χ1v) is 10.5. The van der Waals surface area contributed by atoms with Gasteiger partial charge in [0.15, 0.2) is 0 Å². The summed E-state index contributed by atoms with van der Waals surface area (Å²) in [6.07, 6.45) is 0. The minimum absolute atomic E-state index is 0.00379. The van der Waals surface area contributed by atoms with Crippen LogP contribution in [-0.4, -0.2) is 61.1 Å². The van der Waals surface area contributed by atoms with Crippen LogP contribution in [0.4, 0.5) is 4.39 Å². The number of halogens is 2. The number of nitrogens with zero attached hydrogens (tertiary/aromatic N) is 1. The van der Waals surface area contributed by atoms with E-state index in [1.54, 1.807) is 24.3 Å². The molecule has 8 heteroatoms. The molecular weight excluding hydrogens is 423 g/mol. The number of quaternary nitrogens is 1. The second-order valence-electron chi connectivity index (χ2n) is 7.66. The number of Topliss-reactive ketones (excluding diaryl/α,β-unsaturated/α-hetero) is 1. The van der Waals surface area contributed by atoms with Gasteiger partial charge >= 0.3 is 0 Å². The molecule has 31 heavy (non-hydrogen) atoms. The summed E-state index contributed by atoms with van der Waals surface area (Å²) in [4.78, 5) is 28.7. The highest BCUT2D eigenvalue weighted by atomic mass is 35.5. The molecule has 0 spiro atoms. The molecule has 2 aliphatic rings. The molecule has 0 aliphatic carbocycles. The predicted molar refractivity (Wildman–Crippen MR) is 113 cm³/mol. The molecule has 0 aromatic heterocycles. The Labute approximate surface area is 184 Å². The maximum atomic E-state index is 13.3. The Kier molecular flexibility index (Phi) is 6.36. The van der Waals surface area contributed by atoms with Gasteiger partial charge in [0.25, 0.3) is 11.7 Å². The normalized spacial score (nSPS) is 21.6. The Bertz CT molecular complexity index is 1000. The number of likely N-dealkylation sites (tertiary alicyclic amines) is 1. The third kappa shape index (κ3) is 4.49. The number of aliphatic hydroxyl groups excluding tert-OH is 1. The fourth-order valence-corrected chi connectivity index (χ4v) is 4.18. The second-order valence-corrected chi connectivity index (χ2v) is 8.10. The molecule has 2 saturated heterocycles. The maximum absolute atomic E-state index is 13.3. The van der Waals surface area contributed by atoms with Gasteiger partial charge in [-0.3, -0.25) is 9.59 Å². The number of amides is 1. The molecule has 2 fully saturated rings. The van der Waals surface area contributed by atoms with Gasteiger partial charge in [-0.15, -0.1) is 0 Å². The minimum atomic E-state index is -0.751. The maximum Gasteiger partial charge on any atom is 0.295 e. The number of nitrogens with one attached hydrogen (secondary N) is 1. The van der Waals surface area contributed by atoms with Crippen molar-refractivity contribution in [3.63, 3.8) is 0 Å². The first-order chi connectivity index (χ1) is 15.0. The number of rotatable bonds is 5. The van der Waals surface area contributed by atoms with Crippen molar-refractivity contribution in [3.8, 4) is 0 Å². The third-order valence-electron chi connectivity index (χ3n) is 5.75. The molecule has 4 rings (SSSR count). The van der Waals surface area contributed by atoms with Crippen LogP contribution < -0.4 is 4.90 Å². The molecular formula is C23H23ClFN2O4+. The number of morpholine rings is 1. The number of hydrogen-bond donors (Lipinski definition) is 2. The Hall–Kier alpha value is -2.74. The molecule has 0 radical (unpaired) electrons. The molecule has 2 aliphatic heterocycles. The zero-order valence-corrected chi connectivity index (χ0v) is 17.6. The zero-order chi connectivity index (χ0) is 22.0. The molecule has 2 aromatic carbocycles. The summed E-state index contributed by atoms with van der Waals surface area (Å²) in [5.74, 6) is -2.19. The van der Waals surface area contributed by atoms with Crippen molar-refractivity contribution in [1.82, 2.24) is 4.90 Å². The highest BCUT2D eigenvalue weighted by Gasteiger charge is 2.46. The highest BCUT2D eigenvalue weighted by molar-refractivity contribution is 6.46. The SMILES string of the molecule is O=C1C(=O)N(CC[NH+]2CCOCC2)C(c2ccc(Cl)cc2)C1=C(O)c1ccc(F)cc1. The van der Waals surface area contributed by atoms with Gasteiger partial charge in [-0.1, -0.05) is 23.7 Å². The zero-order valence-electron chi connectivity index (χ0n) is 16.8. The Morgan fingerprint density at radius 2 is 1.74 bits per heavy atom. The number of carbonyl (C=O) groups excluding carboxylic acids is 2. The smallest absolute Gasteiger partial charge is 0.295 e. The monoisotopic (exact) mass is 445 g/mol. The molecule has 2 aromatic rings. The highest BCUT2D eigenvalue weighted by Crippen LogP contribution is 2.39. The molecule has 162 valence electrons. The first-order valence-electron chi connectivity index (χ1n) is 10.2. The summed E-state index contributed by atoms with van der Waals surface area (Å²) in [6, 6.07) is 11.3. The summed E-state index contributed by atoms with van der Waals surface area (Å²) in [5, 5.41) is 11.5. The lowest BCUT2D eigenvalue weighted by molar-refractivity contribution is -0.907. The van der Waals surface area contributed by atoms with Crippen LogP contribution >= 0.6 is 11.6 Å². The van der Waals surface area contributed by atoms with E-state index in [2.05, 4.69) is 0 Å². The van der Waals surface area contributed by atoms with Gasteiger partial charge in [0, 0.05) is 10.6 Å². The van der Waals surface area contributed by atoms with Crippen molar-refractivity contribution in [2.75, 3.05) is 39.4 Å².